The van der Waals surface area contributed by atoms with E-state index in [1.165, 1.54) is 0 Å². The number of hydrogen-bond donors (Lipinski definition) is 0. The molecular weight excluding hydrogens is 468 g/mol. The number of carbonyl (C=O) groups is 4. The van der Waals surface area contributed by atoms with Gasteiger partial charge in [0.05, 0.1) is 0 Å². The second-order valence-electron chi connectivity index (χ2n) is 8.57. The summed E-state index contributed by atoms with van der Waals surface area (Å²) in [7, 11) is 0. The SMILES string of the molecule is CCCC(=O)OCCN(CCOC(=O)CCC)CCN(CCOC(=O)CCC)CCOC(=O)CCC. The van der Waals surface area contributed by atoms with E-state index in [1.807, 2.05) is 27.7 Å². The largest absolute Gasteiger partial charge is 0.464 e. The standard InChI is InChI=1S/C26H48N2O8/c1-5-9-23(29)33-19-15-27(16-20-34-24(30)10-6-2)13-14-28(17-21-35-25(31)11-7-3)18-22-36-26(32)12-8-4/h5-22H2,1-4H3. The van der Waals surface area contributed by atoms with Crippen LogP contribution < -0.4 is 0 Å². The van der Waals surface area contributed by atoms with E-state index in [4.69, 9.17) is 18.9 Å². The van der Waals surface area contributed by atoms with Gasteiger partial charge in [-0.2, -0.15) is 0 Å². The van der Waals surface area contributed by atoms with Gasteiger partial charge in [0.15, 0.2) is 0 Å². The van der Waals surface area contributed by atoms with E-state index in [1.54, 1.807) is 0 Å². The fourth-order valence-corrected chi connectivity index (χ4v) is 3.21. The minimum atomic E-state index is -0.226. The summed E-state index contributed by atoms with van der Waals surface area (Å²) in [6, 6.07) is 0. The van der Waals surface area contributed by atoms with Crippen molar-refractivity contribution in [1.29, 1.82) is 0 Å². The molecule has 0 aliphatic rings. The molecule has 0 aliphatic carbocycles. The van der Waals surface area contributed by atoms with E-state index in [9.17, 15) is 19.2 Å². The molecular formula is C26H48N2O8. The molecule has 0 unspecified atom stereocenters. The predicted octanol–water partition coefficient (Wildman–Crippen LogP) is 2.96. The van der Waals surface area contributed by atoms with E-state index in [0.29, 0.717) is 65.0 Å². The summed E-state index contributed by atoms with van der Waals surface area (Å²) in [5, 5.41) is 0. The van der Waals surface area contributed by atoms with Gasteiger partial charge in [0.1, 0.15) is 26.4 Å². The Morgan fingerprint density at radius 3 is 0.833 bits per heavy atom. The van der Waals surface area contributed by atoms with Crippen LogP contribution in [0.3, 0.4) is 0 Å². The molecule has 0 aromatic heterocycles. The fourth-order valence-electron chi connectivity index (χ4n) is 3.21. The first kappa shape index (κ1) is 33.8. The molecule has 0 saturated heterocycles. The summed E-state index contributed by atoms with van der Waals surface area (Å²) < 4.78 is 21.2. The van der Waals surface area contributed by atoms with Crippen LogP contribution in [-0.2, 0) is 38.1 Å². The van der Waals surface area contributed by atoms with Gasteiger partial charge in [0, 0.05) is 65.0 Å². The van der Waals surface area contributed by atoms with Gasteiger partial charge in [-0.1, -0.05) is 27.7 Å². The predicted molar refractivity (Wildman–Crippen MR) is 136 cm³/mol. The van der Waals surface area contributed by atoms with E-state index in [2.05, 4.69) is 9.80 Å². The summed E-state index contributed by atoms with van der Waals surface area (Å²) in [4.78, 5) is 51.0. The van der Waals surface area contributed by atoms with Gasteiger partial charge in [-0.05, 0) is 25.7 Å². The first-order valence-electron chi connectivity index (χ1n) is 13.4. The highest BCUT2D eigenvalue weighted by atomic mass is 16.5. The van der Waals surface area contributed by atoms with E-state index in [0.717, 1.165) is 25.7 Å². The summed E-state index contributed by atoms with van der Waals surface area (Å²) in [5.74, 6) is -0.903. The Balaban J connectivity index is 4.88. The molecule has 0 bridgehead atoms. The smallest absolute Gasteiger partial charge is 0.305 e. The van der Waals surface area contributed by atoms with E-state index >= 15 is 0 Å². The maximum Gasteiger partial charge on any atom is 0.305 e. The number of esters is 4. The van der Waals surface area contributed by atoms with Gasteiger partial charge in [-0.15, -0.1) is 0 Å². The molecule has 0 aliphatic heterocycles. The molecule has 0 N–H and O–H groups in total. The first-order chi connectivity index (χ1) is 17.4. The third-order valence-corrected chi connectivity index (χ3v) is 5.23. The van der Waals surface area contributed by atoms with Crippen molar-refractivity contribution < 1.29 is 38.1 Å². The molecule has 0 rings (SSSR count). The van der Waals surface area contributed by atoms with Crippen molar-refractivity contribution in [3.63, 3.8) is 0 Å². The van der Waals surface area contributed by atoms with Gasteiger partial charge in [0.25, 0.3) is 0 Å². The molecule has 0 aromatic rings. The Morgan fingerprint density at radius 1 is 0.417 bits per heavy atom. The maximum absolute atomic E-state index is 11.7. The van der Waals surface area contributed by atoms with Gasteiger partial charge < -0.3 is 18.9 Å². The van der Waals surface area contributed by atoms with E-state index in [-0.39, 0.29) is 50.3 Å². The highest BCUT2D eigenvalue weighted by Gasteiger charge is 2.14. The normalized spacial score (nSPS) is 10.9. The molecule has 10 nitrogen and oxygen atoms in total. The summed E-state index contributed by atoms with van der Waals surface area (Å²) in [6.07, 6.45) is 4.47. The molecule has 0 heterocycles. The quantitative estimate of drug-likeness (QED) is 0.148. The highest BCUT2D eigenvalue weighted by molar-refractivity contribution is 5.70. The Bertz CT molecular complexity index is 515. The average molecular weight is 517 g/mol. The molecule has 0 radical (unpaired) electrons. The van der Waals surface area contributed by atoms with Gasteiger partial charge >= 0.3 is 23.9 Å². The lowest BCUT2D eigenvalue weighted by Crippen LogP contribution is -2.41. The van der Waals surface area contributed by atoms with Crippen LogP contribution in [0.5, 0.6) is 0 Å². The molecule has 0 amide bonds. The van der Waals surface area contributed by atoms with Crippen molar-refractivity contribution in [3.05, 3.63) is 0 Å². The fraction of sp³-hybridized carbons (Fsp3) is 0.846. The summed E-state index contributed by atoms with van der Waals surface area (Å²) in [6.45, 7) is 12.0. The highest BCUT2D eigenvalue weighted by Crippen LogP contribution is 2.00. The van der Waals surface area contributed by atoms with Crippen LogP contribution in [0, 0.1) is 0 Å². The van der Waals surface area contributed by atoms with E-state index < -0.39 is 0 Å². The molecule has 10 heteroatoms. The monoisotopic (exact) mass is 516 g/mol. The van der Waals surface area contributed by atoms with Gasteiger partial charge in [0.2, 0.25) is 0 Å². The van der Waals surface area contributed by atoms with Gasteiger partial charge in [-0.3, -0.25) is 29.0 Å². The Kier molecular flexibility index (Phi) is 21.8. The summed E-state index contributed by atoms with van der Waals surface area (Å²) in [5.41, 5.74) is 0. The Morgan fingerprint density at radius 2 is 0.639 bits per heavy atom. The minimum Gasteiger partial charge on any atom is -0.464 e. The second-order valence-corrected chi connectivity index (χ2v) is 8.57. The van der Waals surface area contributed by atoms with Crippen molar-refractivity contribution in [2.75, 3.05) is 65.7 Å². The number of rotatable bonds is 23. The van der Waals surface area contributed by atoms with Crippen LogP contribution in [0.4, 0.5) is 0 Å². The third-order valence-electron chi connectivity index (χ3n) is 5.23. The van der Waals surface area contributed by atoms with Crippen molar-refractivity contribution in [2.24, 2.45) is 0 Å². The van der Waals surface area contributed by atoms with Crippen molar-refractivity contribution in [3.8, 4) is 0 Å². The number of ether oxygens (including phenoxy) is 4. The number of nitrogens with zero attached hydrogens (tertiary/aromatic N) is 2. The molecule has 210 valence electrons. The van der Waals surface area contributed by atoms with Crippen LogP contribution in [0.15, 0.2) is 0 Å². The van der Waals surface area contributed by atoms with Crippen molar-refractivity contribution in [2.45, 2.75) is 79.1 Å². The van der Waals surface area contributed by atoms with Gasteiger partial charge in [-0.25, -0.2) is 0 Å². The third kappa shape index (κ3) is 20.0. The van der Waals surface area contributed by atoms with Crippen LogP contribution in [0.1, 0.15) is 79.1 Å². The summed E-state index contributed by atoms with van der Waals surface area (Å²) >= 11 is 0. The average Bonchev–Trinajstić information content (AvgIpc) is 2.82. The zero-order valence-electron chi connectivity index (χ0n) is 22.9. The van der Waals surface area contributed by atoms with Crippen molar-refractivity contribution in [1.82, 2.24) is 9.80 Å². The lowest BCUT2D eigenvalue weighted by Gasteiger charge is -2.27. The Hall–Kier alpha value is -2.20. The Labute approximate surface area is 216 Å². The molecule has 0 saturated carbocycles. The van der Waals surface area contributed by atoms with Crippen LogP contribution in [-0.4, -0.2) is 99.4 Å². The molecule has 0 fully saturated rings. The topological polar surface area (TPSA) is 112 Å². The molecule has 0 spiro atoms. The lowest BCUT2D eigenvalue weighted by atomic mass is 10.3. The molecule has 36 heavy (non-hydrogen) atoms. The molecule has 0 aromatic carbocycles. The number of carbonyl (C=O) groups excluding carboxylic acids is 4. The van der Waals surface area contributed by atoms with Crippen LogP contribution in [0.2, 0.25) is 0 Å². The second kappa shape index (κ2) is 23.2. The lowest BCUT2D eigenvalue weighted by molar-refractivity contribution is -0.146. The maximum atomic E-state index is 11.7. The zero-order chi connectivity index (χ0) is 27.0. The minimum absolute atomic E-state index is 0.226. The first-order valence-corrected chi connectivity index (χ1v) is 13.4. The number of hydrogen-bond acceptors (Lipinski definition) is 10. The van der Waals surface area contributed by atoms with Crippen molar-refractivity contribution >= 4 is 23.9 Å². The zero-order valence-corrected chi connectivity index (χ0v) is 22.9. The van der Waals surface area contributed by atoms with Crippen LogP contribution >= 0.6 is 0 Å². The van der Waals surface area contributed by atoms with Crippen LogP contribution in [0.25, 0.3) is 0 Å². The molecule has 0 atom stereocenters.